The van der Waals surface area contributed by atoms with Crippen molar-refractivity contribution in [3.8, 4) is 10.9 Å². The minimum Gasteiger partial charge on any atom is -0.495 e. The van der Waals surface area contributed by atoms with E-state index in [9.17, 15) is 19.5 Å². The van der Waals surface area contributed by atoms with Gasteiger partial charge in [-0.05, 0) is 35.9 Å². The molecule has 0 spiro atoms. The number of aromatic nitrogens is 5. The number of nitrogens with zero attached hydrogens (tertiary/aromatic N) is 6. The van der Waals surface area contributed by atoms with Gasteiger partial charge in [0.25, 0.3) is 0 Å². The number of aromatic carboxylic acids is 1. The highest BCUT2D eigenvalue weighted by molar-refractivity contribution is 7.08. The van der Waals surface area contributed by atoms with Gasteiger partial charge in [0.15, 0.2) is 5.65 Å². The summed E-state index contributed by atoms with van der Waals surface area (Å²) in [5.74, 6) is -0.289. The summed E-state index contributed by atoms with van der Waals surface area (Å²) < 4.78 is 10.3. The van der Waals surface area contributed by atoms with Crippen LogP contribution in [0.1, 0.15) is 10.4 Å². The first-order chi connectivity index (χ1) is 16.8. The molecule has 1 fully saturated rings. The summed E-state index contributed by atoms with van der Waals surface area (Å²) in [6.07, 6.45) is 2.68. The zero-order chi connectivity index (χ0) is 24.7. The summed E-state index contributed by atoms with van der Waals surface area (Å²) in [7, 11) is 1.53. The fraction of sp³-hybridized carbons (Fsp3) is 0.190. The lowest BCUT2D eigenvalue weighted by atomic mass is 9.99. The van der Waals surface area contributed by atoms with E-state index in [0.717, 1.165) is 17.7 Å². The zero-order valence-electron chi connectivity index (χ0n) is 18.0. The molecule has 1 aliphatic heterocycles. The lowest BCUT2D eigenvalue weighted by Crippen LogP contribution is -2.52. The van der Waals surface area contributed by atoms with Gasteiger partial charge in [-0.25, -0.2) is 14.8 Å². The molecule has 4 aromatic heterocycles. The van der Waals surface area contributed by atoms with E-state index in [4.69, 9.17) is 16.3 Å². The summed E-state index contributed by atoms with van der Waals surface area (Å²) >= 11 is 6.79. The van der Waals surface area contributed by atoms with E-state index >= 15 is 0 Å². The van der Waals surface area contributed by atoms with E-state index in [1.165, 1.54) is 23.9 Å². The third-order valence-electron chi connectivity index (χ3n) is 5.46. The van der Waals surface area contributed by atoms with Crippen LogP contribution in [-0.4, -0.2) is 61.1 Å². The molecule has 14 heteroatoms. The van der Waals surface area contributed by atoms with Crippen LogP contribution in [0.4, 0.5) is 11.6 Å². The second-order valence-corrected chi connectivity index (χ2v) is 8.68. The first-order valence-corrected chi connectivity index (χ1v) is 11.3. The summed E-state index contributed by atoms with van der Waals surface area (Å²) in [6, 6.07) is 6.49. The number of amides is 1. The SMILES string of the molecule is COc1ccc(NC(=O)C2CN(c3ccc4c(=O)c(C(=O)O)cn(-c5nc(Cl)ns5)c4n3)C2)nc1. The Morgan fingerprint density at radius 3 is 2.66 bits per heavy atom. The normalized spacial score (nSPS) is 13.5. The van der Waals surface area contributed by atoms with E-state index in [1.54, 1.807) is 18.2 Å². The minimum absolute atomic E-state index is 0.00664. The van der Waals surface area contributed by atoms with Gasteiger partial charge < -0.3 is 20.1 Å². The number of ether oxygens (including phenoxy) is 1. The predicted molar refractivity (Wildman–Crippen MR) is 128 cm³/mol. The zero-order valence-corrected chi connectivity index (χ0v) is 19.6. The molecule has 1 aliphatic rings. The number of hydrogen-bond donors (Lipinski definition) is 2. The molecule has 0 bridgehead atoms. The van der Waals surface area contributed by atoms with Crippen molar-refractivity contribution in [3.63, 3.8) is 0 Å². The number of carbonyl (C=O) groups excluding carboxylic acids is 1. The van der Waals surface area contributed by atoms with Crippen molar-refractivity contribution in [2.24, 2.45) is 5.92 Å². The maximum atomic E-state index is 12.7. The lowest BCUT2D eigenvalue weighted by molar-refractivity contribution is -0.120. The number of fused-ring (bicyclic) bond motifs is 1. The Hall–Kier alpha value is -4.10. The number of carboxylic acids is 1. The van der Waals surface area contributed by atoms with Crippen LogP contribution in [0.3, 0.4) is 0 Å². The van der Waals surface area contributed by atoms with Crippen molar-refractivity contribution in [2.45, 2.75) is 0 Å². The number of carbonyl (C=O) groups is 2. The van der Waals surface area contributed by atoms with E-state index in [-0.39, 0.29) is 33.3 Å². The number of carboxylic acid groups (broad SMARTS) is 1. The maximum absolute atomic E-state index is 12.7. The molecule has 0 atom stereocenters. The third kappa shape index (κ3) is 4.26. The van der Waals surface area contributed by atoms with Crippen LogP contribution < -0.4 is 20.4 Å². The number of rotatable bonds is 6. The Morgan fingerprint density at radius 1 is 1.23 bits per heavy atom. The molecule has 178 valence electrons. The Balaban J connectivity index is 1.40. The van der Waals surface area contributed by atoms with E-state index < -0.39 is 17.0 Å². The van der Waals surface area contributed by atoms with Crippen LogP contribution in [0.15, 0.2) is 41.5 Å². The Bertz CT molecular complexity index is 1520. The van der Waals surface area contributed by atoms with E-state index in [2.05, 4.69) is 24.6 Å². The highest BCUT2D eigenvalue weighted by Gasteiger charge is 2.34. The number of pyridine rings is 3. The van der Waals surface area contributed by atoms with Crippen molar-refractivity contribution in [3.05, 3.63) is 57.7 Å². The first kappa shape index (κ1) is 22.7. The molecular formula is C21H16ClN7O5S. The molecule has 5 rings (SSSR count). The van der Waals surface area contributed by atoms with Gasteiger partial charge >= 0.3 is 5.97 Å². The quantitative estimate of drug-likeness (QED) is 0.391. The fourth-order valence-electron chi connectivity index (χ4n) is 3.60. The third-order valence-corrected chi connectivity index (χ3v) is 6.45. The second kappa shape index (κ2) is 8.92. The van der Waals surface area contributed by atoms with Crippen LogP contribution in [0.25, 0.3) is 16.2 Å². The number of halogens is 1. The molecular weight excluding hydrogens is 498 g/mol. The number of methoxy groups -OCH3 is 1. The molecule has 2 N–H and O–H groups in total. The Labute approximate surface area is 206 Å². The fourth-order valence-corrected chi connectivity index (χ4v) is 4.38. The predicted octanol–water partition coefficient (Wildman–Crippen LogP) is 2.07. The van der Waals surface area contributed by atoms with Crippen molar-refractivity contribution in [2.75, 3.05) is 30.4 Å². The Kier molecular flexibility index (Phi) is 5.78. The van der Waals surface area contributed by atoms with Gasteiger partial charge in [0.05, 0.1) is 24.6 Å². The Morgan fingerprint density at radius 2 is 2.03 bits per heavy atom. The molecule has 0 radical (unpaired) electrons. The molecule has 0 unspecified atom stereocenters. The topological polar surface area (TPSA) is 152 Å². The molecule has 0 aromatic carbocycles. The average Bonchev–Trinajstić information content (AvgIpc) is 3.24. The number of anilines is 2. The molecule has 0 saturated carbocycles. The van der Waals surface area contributed by atoms with Crippen molar-refractivity contribution >= 4 is 57.7 Å². The first-order valence-electron chi connectivity index (χ1n) is 10.2. The van der Waals surface area contributed by atoms with Gasteiger partial charge in [0, 0.05) is 30.8 Å². The standard InChI is InChI=1S/C21H16ClN7O5S/c1-34-11-2-4-14(23-6-11)24-18(31)10-7-28(8-10)15-5-3-12-16(30)13(19(32)33)9-29(17(12)25-15)21-26-20(22)27-35-21/h2-6,9-10H,7-8H2,1H3,(H,32,33)(H,23,24,31). The van der Waals surface area contributed by atoms with Crippen LogP contribution in [-0.2, 0) is 4.79 Å². The second-order valence-electron chi connectivity index (χ2n) is 7.61. The lowest BCUT2D eigenvalue weighted by Gasteiger charge is -2.39. The average molecular weight is 514 g/mol. The van der Waals surface area contributed by atoms with E-state index in [1.807, 2.05) is 4.90 Å². The molecule has 12 nitrogen and oxygen atoms in total. The molecule has 0 aliphatic carbocycles. The van der Waals surface area contributed by atoms with Gasteiger partial charge in [-0.3, -0.25) is 14.2 Å². The van der Waals surface area contributed by atoms with Crippen LogP contribution in [0.5, 0.6) is 5.75 Å². The van der Waals surface area contributed by atoms with Gasteiger partial charge in [0.1, 0.15) is 22.9 Å². The van der Waals surface area contributed by atoms with Gasteiger partial charge in [-0.1, -0.05) is 0 Å². The van der Waals surface area contributed by atoms with Gasteiger partial charge in [-0.15, -0.1) is 0 Å². The van der Waals surface area contributed by atoms with Crippen molar-refractivity contribution in [1.29, 1.82) is 0 Å². The molecule has 5 heterocycles. The summed E-state index contributed by atoms with van der Waals surface area (Å²) in [4.78, 5) is 51.5. The van der Waals surface area contributed by atoms with Crippen LogP contribution in [0, 0.1) is 5.92 Å². The molecule has 4 aromatic rings. The monoisotopic (exact) mass is 513 g/mol. The van der Waals surface area contributed by atoms with E-state index in [0.29, 0.717) is 30.5 Å². The van der Waals surface area contributed by atoms with Crippen molar-refractivity contribution in [1.82, 2.24) is 23.9 Å². The molecule has 1 amide bonds. The summed E-state index contributed by atoms with van der Waals surface area (Å²) in [5.41, 5.74) is -0.877. The highest BCUT2D eigenvalue weighted by Crippen LogP contribution is 2.27. The summed E-state index contributed by atoms with van der Waals surface area (Å²) in [6.45, 7) is 0.811. The van der Waals surface area contributed by atoms with Gasteiger partial charge in [-0.2, -0.15) is 9.36 Å². The smallest absolute Gasteiger partial charge is 0.341 e. The van der Waals surface area contributed by atoms with Crippen LogP contribution >= 0.6 is 23.1 Å². The molecule has 1 saturated heterocycles. The highest BCUT2D eigenvalue weighted by atomic mass is 35.5. The van der Waals surface area contributed by atoms with Gasteiger partial charge in [0.2, 0.25) is 21.8 Å². The maximum Gasteiger partial charge on any atom is 0.341 e. The summed E-state index contributed by atoms with van der Waals surface area (Å²) in [5, 5.41) is 12.6. The van der Waals surface area contributed by atoms with Crippen LogP contribution in [0.2, 0.25) is 5.28 Å². The number of nitrogens with one attached hydrogen (secondary N) is 1. The largest absolute Gasteiger partial charge is 0.495 e. The van der Waals surface area contributed by atoms with Crippen molar-refractivity contribution < 1.29 is 19.4 Å². The minimum atomic E-state index is -1.37. The number of hydrogen-bond acceptors (Lipinski definition) is 10. The molecule has 35 heavy (non-hydrogen) atoms.